The van der Waals surface area contributed by atoms with Gasteiger partial charge in [-0.1, -0.05) is 41.6 Å². The first-order chi connectivity index (χ1) is 14.6. The lowest BCUT2D eigenvalue weighted by molar-refractivity contribution is -0.112. The van der Waals surface area contributed by atoms with E-state index >= 15 is 0 Å². The molecule has 0 aromatic heterocycles. The molecule has 156 valence electrons. The van der Waals surface area contributed by atoms with Crippen LogP contribution in [0, 0.1) is 6.92 Å². The number of benzene rings is 2. The molecule has 1 saturated heterocycles. The van der Waals surface area contributed by atoms with E-state index < -0.39 is 0 Å². The van der Waals surface area contributed by atoms with E-state index in [-0.39, 0.29) is 11.8 Å². The third kappa shape index (κ3) is 5.12. The van der Waals surface area contributed by atoms with E-state index in [1.807, 2.05) is 49.4 Å². The number of likely N-dealkylation sites (tertiary alicyclic amines) is 1. The summed E-state index contributed by atoms with van der Waals surface area (Å²) in [7, 11) is 0. The molecule has 2 aromatic carbocycles. The van der Waals surface area contributed by atoms with Crippen molar-refractivity contribution >= 4 is 35.3 Å². The fraction of sp³-hybridized carbons (Fsp3) is 0.333. The Morgan fingerprint density at radius 2 is 1.93 bits per heavy atom. The third-order valence-corrected chi connectivity index (χ3v) is 6.54. The average molecular weight is 422 g/mol. The molecule has 6 heteroatoms. The lowest BCUT2D eigenvalue weighted by Crippen LogP contribution is -2.28. The van der Waals surface area contributed by atoms with Gasteiger partial charge in [0.15, 0.2) is 0 Å². The molecule has 0 spiro atoms. The zero-order chi connectivity index (χ0) is 20.9. The van der Waals surface area contributed by atoms with E-state index in [0.29, 0.717) is 22.7 Å². The zero-order valence-electron chi connectivity index (χ0n) is 17.2. The summed E-state index contributed by atoms with van der Waals surface area (Å²) in [5.74, 6) is -0.240. The quantitative estimate of drug-likeness (QED) is 0.539. The van der Waals surface area contributed by atoms with Gasteiger partial charge in [-0.15, -0.1) is 0 Å². The molecule has 30 heavy (non-hydrogen) atoms. The number of thioether (sulfide) groups is 1. The molecule has 2 N–H and O–H groups in total. The number of amides is 2. The van der Waals surface area contributed by atoms with Crippen LogP contribution in [0.2, 0.25) is 0 Å². The Morgan fingerprint density at radius 3 is 2.70 bits per heavy atom. The van der Waals surface area contributed by atoms with Crippen molar-refractivity contribution in [3.8, 4) is 0 Å². The van der Waals surface area contributed by atoms with Gasteiger partial charge in [0.1, 0.15) is 0 Å². The Morgan fingerprint density at radius 1 is 1.17 bits per heavy atom. The van der Waals surface area contributed by atoms with Crippen LogP contribution >= 0.6 is 11.8 Å². The molecule has 0 saturated carbocycles. The Hall–Kier alpha value is -2.57. The van der Waals surface area contributed by atoms with Gasteiger partial charge in [0.25, 0.3) is 11.8 Å². The number of carbonyl (C=O) groups excluding carboxylic acids is 2. The summed E-state index contributed by atoms with van der Waals surface area (Å²) in [6, 6.07) is 13.6. The first-order valence-corrected chi connectivity index (χ1v) is 11.3. The summed E-state index contributed by atoms with van der Waals surface area (Å²) >= 11 is 1.43. The minimum Gasteiger partial charge on any atom is -0.352 e. The van der Waals surface area contributed by atoms with Crippen LogP contribution in [0.25, 0.3) is 6.08 Å². The fourth-order valence-corrected chi connectivity index (χ4v) is 4.66. The number of anilines is 1. The van der Waals surface area contributed by atoms with Crippen LogP contribution in [0.4, 0.5) is 5.69 Å². The Balaban J connectivity index is 1.37. The Labute approximate surface area is 181 Å². The van der Waals surface area contributed by atoms with Crippen molar-refractivity contribution in [2.24, 2.45) is 0 Å². The van der Waals surface area contributed by atoms with Crippen LogP contribution in [0.1, 0.15) is 40.7 Å². The molecule has 4 rings (SSSR count). The average Bonchev–Trinajstić information content (AvgIpc) is 3.26. The summed E-state index contributed by atoms with van der Waals surface area (Å²) in [5.41, 5.74) is 3.44. The van der Waals surface area contributed by atoms with Gasteiger partial charge >= 0.3 is 0 Å². The number of hydrogen-bond acceptors (Lipinski definition) is 4. The monoisotopic (exact) mass is 421 g/mol. The van der Waals surface area contributed by atoms with E-state index in [1.165, 1.54) is 43.3 Å². The molecule has 0 unspecified atom stereocenters. The molecular weight excluding hydrogens is 394 g/mol. The smallest absolute Gasteiger partial charge is 0.262 e. The van der Waals surface area contributed by atoms with E-state index in [2.05, 4.69) is 15.5 Å². The molecule has 1 fully saturated rings. The molecular formula is C24H27N3O2S. The predicted molar refractivity (Wildman–Crippen MR) is 123 cm³/mol. The molecule has 0 bridgehead atoms. The van der Waals surface area contributed by atoms with Crippen LogP contribution in [0.3, 0.4) is 0 Å². The number of fused-ring (bicyclic) bond motifs is 1. The second-order valence-corrected chi connectivity index (χ2v) is 8.93. The lowest BCUT2D eigenvalue weighted by Gasteiger charge is -2.19. The highest BCUT2D eigenvalue weighted by atomic mass is 32.2. The third-order valence-electron chi connectivity index (χ3n) is 5.44. The lowest BCUT2D eigenvalue weighted by atomic mass is 10.1. The first kappa shape index (κ1) is 20.7. The summed E-state index contributed by atoms with van der Waals surface area (Å²) in [5, 5.41) is 5.92. The summed E-state index contributed by atoms with van der Waals surface area (Å²) in [4.78, 5) is 29.1. The number of aryl methyl sites for hydroxylation is 1. The molecule has 0 radical (unpaired) electrons. The van der Waals surface area contributed by atoms with Gasteiger partial charge in [0.05, 0.1) is 10.6 Å². The number of nitrogens with one attached hydrogen (secondary N) is 2. The maximum atomic E-state index is 12.5. The van der Waals surface area contributed by atoms with E-state index in [1.54, 1.807) is 6.07 Å². The van der Waals surface area contributed by atoms with Gasteiger partial charge in [-0.05, 0) is 75.7 Å². The maximum Gasteiger partial charge on any atom is 0.262 e. The van der Waals surface area contributed by atoms with E-state index in [4.69, 9.17) is 0 Å². The molecule has 2 aliphatic rings. The highest BCUT2D eigenvalue weighted by Crippen LogP contribution is 2.39. The number of carbonyl (C=O) groups is 2. The van der Waals surface area contributed by atoms with Crippen LogP contribution in [-0.4, -0.2) is 42.9 Å². The molecule has 2 amide bonds. The topological polar surface area (TPSA) is 61.4 Å². The van der Waals surface area contributed by atoms with Gasteiger partial charge in [-0.3, -0.25) is 9.59 Å². The van der Waals surface area contributed by atoms with Crippen LogP contribution in [0.5, 0.6) is 0 Å². The first-order valence-electron chi connectivity index (χ1n) is 10.5. The minimum absolute atomic E-state index is 0.0977. The van der Waals surface area contributed by atoms with Crippen molar-refractivity contribution in [1.82, 2.24) is 10.2 Å². The molecule has 0 atom stereocenters. The largest absolute Gasteiger partial charge is 0.352 e. The standard InChI is InChI=1S/C24H27N3O2S/c1-17-5-7-18(8-6-17)15-22-24(29)26-20-16-19(9-10-21(20)30-22)23(28)25-11-4-14-27-12-2-3-13-27/h5-10,15-16H,2-4,11-14H2,1H3,(H,25,28)(H,26,29). The summed E-state index contributed by atoms with van der Waals surface area (Å²) in [6.07, 6.45) is 5.42. The Kier molecular flexibility index (Phi) is 6.55. The second-order valence-electron chi connectivity index (χ2n) is 7.84. The highest BCUT2D eigenvalue weighted by Gasteiger charge is 2.22. The van der Waals surface area contributed by atoms with E-state index in [0.717, 1.165) is 23.4 Å². The molecule has 5 nitrogen and oxygen atoms in total. The minimum atomic E-state index is -0.142. The van der Waals surface area contributed by atoms with Crippen molar-refractivity contribution < 1.29 is 9.59 Å². The van der Waals surface area contributed by atoms with E-state index in [9.17, 15) is 9.59 Å². The maximum absolute atomic E-state index is 12.5. The second kappa shape index (κ2) is 9.49. The molecule has 2 aromatic rings. The van der Waals surface area contributed by atoms with Crippen molar-refractivity contribution in [2.75, 3.05) is 31.5 Å². The molecule has 2 aliphatic heterocycles. The summed E-state index contributed by atoms with van der Waals surface area (Å²) in [6.45, 7) is 6.09. The number of rotatable bonds is 6. The van der Waals surface area contributed by atoms with Gasteiger partial charge < -0.3 is 15.5 Å². The number of nitrogens with zero attached hydrogens (tertiary/aromatic N) is 1. The van der Waals surface area contributed by atoms with Crippen molar-refractivity contribution in [3.05, 3.63) is 64.1 Å². The normalized spacial score (nSPS) is 17.6. The van der Waals surface area contributed by atoms with Crippen LogP contribution < -0.4 is 10.6 Å². The SMILES string of the molecule is Cc1ccc(C=C2Sc3ccc(C(=O)NCCCN4CCCC4)cc3NC2=O)cc1. The van der Waals surface area contributed by atoms with Crippen molar-refractivity contribution in [1.29, 1.82) is 0 Å². The highest BCUT2D eigenvalue weighted by molar-refractivity contribution is 8.04. The summed E-state index contributed by atoms with van der Waals surface area (Å²) < 4.78 is 0. The Bertz CT molecular complexity index is 963. The zero-order valence-corrected chi connectivity index (χ0v) is 18.1. The van der Waals surface area contributed by atoms with Crippen LogP contribution in [0.15, 0.2) is 52.3 Å². The van der Waals surface area contributed by atoms with Gasteiger partial charge in [-0.25, -0.2) is 0 Å². The van der Waals surface area contributed by atoms with Gasteiger partial charge in [0.2, 0.25) is 0 Å². The van der Waals surface area contributed by atoms with Gasteiger partial charge in [-0.2, -0.15) is 0 Å². The van der Waals surface area contributed by atoms with Crippen molar-refractivity contribution in [2.45, 2.75) is 31.1 Å². The number of hydrogen-bond donors (Lipinski definition) is 2. The molecule has 0 aliphatic carbocycles. The van der Waals surface area contributed by atoms with Crippen molar-refractivity contribution in [3.63, 3.8) is 0 Å². The van der Waals surface area contributed by atoms with Gasteiger partial charge in [0, 0.05) is 17.0 Å². The fourth-order valence-electron chi connectivity index (χ4n) is 3.73. The predicted octanol–water partition coefficient (Wildman–Crippen LogP) is 4.30. The molecule has 2 heterocycles. The van der Waals surface area contributed by atoms with Crippen LogP contribution in [-0.2, 0) is 4.79 Å².